The van der Waals surface area contributed by atoms with Crippen molar-refractivity contribution in [2.24, 2.45) is 11.8 Å². The summed E-state index contributed by atoms with van der Waals surface area (Å²) in [7, 11) is -2.89. The first-order chi connectivity index (χ1) is 17.6. The van der Waals surface area contributed by atoms with E-state index in [1.54, 1.807) is 6.07 Å². The van der Waals surface area contributed by atoms with Gasteiger partial charge in [-0.05, 0) is 75.7 Å². The van der Waals surface area contributed by atoms with Gasteiger partial charge in [0.2, 0.25) is 0 Å². The van der Waals surface area contributed by atoms with Gasteiger partial charge in [0, 0.05) is 35.9 Å². The standard InChI is InChI=1S/C26H34Cl2N6O2S/c1-17-25-26(34(31-17)18(2)22-8-7-21(27)12-23(22)28)30-24(13-29-25)33-15-20(16-33)19-6-4-9-32(14-19)10-5-11-37(3,35)36/h7-8,12-13,18-20H,4-6,9-11,14-16H2,1-3H3/t18?,19-/m0/s1. The molecule has 2 saturated heterocycles. The molecule has 0 N–H and O–H groups in total. The van der Waals surface area contributed by atoms with E-state index in [4.69, 9.17) is 38.3 Å². The van der Waals surface area contributed by atoms with Crippen LogP contribution in [0.5, 0.6) is 0 Å². The molecular weight excluding hydrogens is 531 g/mol. The summed E-state index contributed by atoms with van der Waals surface area (Å²) in [5.74, 6) is 2.40. The number of likely N-dealkylation sites (tertiary alicyclic amines) is 1. The second-order valence-corrected chi connectivity index (χ2v) is 13.7. The number of anilines is 1. The molecule has 2 fully saturated rings. The zero-order valence-corrected chi connectivity index (χ0v) is 23.9. The quantitative estimate of drug-likeness (QED) is 0.394. The molecule has 2 atom stereocenters. The van der Waals surface area contributed by atoms with Gasteiger partial charge < -0.3 is 9.80 Å². The van der Waals surface area contributed by atoms with E-state index in [0.717, 1.165) is 61.0 Å². The van der Waals surface area contributed by atoms with Crippen LogP contribution in [0.3, 0.4) is 0 Å². The third-order valence-electron chi connectivity index (χ3n) is 7.77. The highest BCUT2D eigenvalue weighted by atomic mass is 35.5. The lowest BCUT2D eigenvalue weighted by Crippen LogP contribution is -2.54. The fourth-order valence-electron chi connectivity index (χ4n) is 5.66. The number of benzene rings is 1. The predicted molar refractivity (Wildman–Crippen MR) is 150 cm³/mol. The molecule has 2 aliphatic heterocycles. The van der Waals surface area contributed by atoms with Crippen LogP contribution in [0.1, 0.15) is 43.5 Å². The molecule has 5 rings (SSSR count). The maximum absolute atomic E-state index is 11.5. The number of sulfone groups is 1. The number of aromatic nitrogens is 4. The van der Waals surface area contributed by atoms with Crippen molar-refractivity contribution in [1.82, 2.24) is 24.6 Å². The monoisotopic (exact) mass is 564 g/mol. The van der Waals surface area contributed by atoms with Crippen LogP contribution in [0.25, 0.3) is 11.2 Å². The highest BCUT2D eigenvalue weighted by Crippen LogP contribution is 2.35. The fourth-order valence-corrected chi connectivity index (χ4v) is 6.88. The van der Waals surface area contributed by atoms with Crippen molar-refractivity contribution in [3.8, 4) is 0 Å². The van der Waals surface area contributed by atoms with Gasteiger partial charge in [0.25, 0.3) is 0 Å². The average molecular weight is 566 g/mol. The molecule has 0 spiro atoms. The van der Waals surface area contributed by atoms with Crippen molar-refractivity contribution >= 4 is 50.0 Å². The molecule has 3 aromatic rings. The van der Waals surface area contributed by atoms with Gasteiger partial charge in [-0.15, -0.1) is 0 Å². The van der Waals surface area contributed by atoms with Gasteiger partial charge in [-0.25, -0.2) is 23.1 Å². The molecule has 0 bridgehead atoms. The van der Waals surface area contributed by atoms with E-state index in [2.05, 4.69) is 16.7 Å². The number of hydrogen-bond donors (Lipinski definition) is 0. The van der Waals surface area contributed by atoms with E-state index in [9.17, 15) is 8.42 Å². The van der Waals surface area contributed by atoms with Crippen LogP contribution in [0.15, 0.2) is 24.4 Å². The lowest BCUT2D eigenvalue weighted by atomic mass is 9.80. The number of rotatable bonds is 8. The molecule has 200 valence electrons. The van der Waals surface area contributed by atoms with Crippen molar-refractivity contribution < 1.29 is 8.42 Å². The largest absolute Gasteiger partial charge is 0.355 e. The summed E-state index contributed by atoms with van der Waals surface area (Å²) in [6, 6.07) is 5.41. The topological polar surface area (TPSA) is 84.2 Å². The van der Waals surface area contributed by atoms with Crippen LogP contribution in [0.4, 0.5) is 5.82 Å². The summed E-state index contributed by atoms with van der Waals surface area (Å²) >= 11 is 12.6. The van der Waals surface area contributed by atoms with Crippen LogP contribution in [-0.4, -0.2) is 77.8 Å². The number of fused-ring (bicyclic) bond motifs is 1. The Morgan fingerprint density at radius 1 is 1.16 bits per heavy atom. The highest BCUT2D eigenvalue weighted by Gasteiger charge is 2.36. The van der Waals surface area contributed by atoms with Crippen molar-refractivity contribution in [2.45, 2.75) is 39.2 Å². The first kappa shape index (κ1) is 26.7. The summed E-state index contributed by atoms with van der Waals surface area (Å²) in [5, 5.41) is 5.96. The Kier molecular flexibility index (Phi) is 7.69. The van der Waals surface area contributed by atoms with E-state index in [-0.39, 0.29) is 11.8 Å². The summed E-state index contributed by atoms with van der Waals surface area (Å²) < 4.78 is 24.8. The van der Waals surface area contributed by atoms with Crippen molar-refractivity contribution in [3.05, 3.63) is 45.7 Å². The van der Waals surface area contributed by atoms with Gasteiger partial charge in [-0.2, -0.15) is 5.10 Å². The molecule has 0 amide bonds. The lowest BCUT2D eigenvalue weighted by Gasteiger charge is -2.47. The normalized spacial score (nSPS) is 20.4. The molecule has 0 radical (unpaired) electrons. The van der Waals surface area contributed by atoms with Gasteiger partial charge in [-0.1, -0.05) is 29.3 Å². The lowest BCUT2D eigenvalue weighted by molar-refractivity contribution is 0.120. The molecule has 1 unspecified atom stereocenters. The summed E-state index contributed by atoms with van der Waals surface area (Å²) in [5.41, 5.74) is 3.33. The van der Waals surface area contributed by atoms with Gasteiger partial charge in [0.1, 0.15) is 21.2 Å². The summed E-state index contributed by atoms with van der Waals surface area (Å²) in [6.45, 7) is 8.92. The first-order valence-electron chi connectivity index (χ1n) is 12.9. The van der Waals surface area contributed by atoms with Gasteiger partial charge in [-0.3, -0.25) is 0 Å². The Bertz CT molecular complexity index is 1390. The SMILES string of the molecule is Cc1nn(C(C)c2ccc(Cl)cc2Cl)c2nc(N3CC([C@H]4CCCN(CCCS(C)(=O)=O)C4)C3)cnc12. The van der Waals surface area contributed by atoms with Crippen molar-refractivity contribution in [1.29, 1.82) is 0 Å². The van der Waals surface area contributed by atoms with Crippen LogP contribution in [-0.2, 0) is 9.84 Å². The van der Waals surface area contributed by atoms with E-state index in [0.29, 0.717) is 28.3 Å². The summed E-state index contributed by atoms with van der Waals surface area (Å²) in [4.78, 5) is 14.5. The minimum absolute atomic E-state index is 0.120. The van der Waals surface area contributed by atoms with Gasteiger partial charge >= 0.3 is 0 Å². The van der Waals surface area contributed by atoms with Gasteiger partial charge in [0.05, 0.1) is 23.7 Å². The maximum Gasteiger partial charge on any atom is 0.179 e. The first-order valence-corrected chi connectivity index (χ1v) is 15.7. The smallest absolute Gasteiger partial charge is 0.179 e. The van der Waals surface area contributed by atoms with Crippen LogP contribution < -0.4 is 4.90 Å². The molecule has 37 heavy (non-hydrogen) atoms. The zero-order chi connectivity index (χ0) is 26.3. The molecule has 8 nitrogen and oxygen atoms in total. The molecule has 2 aromatic heterocycles. The minimum Gasteiger partial charge on any atom is -0.355 e. The molecule has 0 aliphatic carbocycles. The summed E-state index contributed by atoms with van der Waals surface area (Å²) in [6.07, 6.45) is 6.30. The van der Waals surface area contributed by atoms with E-state index >= 15 is 0 Å². The Balaban J connectivity index is 1.26. The predicted octanol–water partition coefficient (Wildman–Crippen LogP) is 4.63. The Hall–Kier alpha value is -1.94. The maximum atomic E-state index is 11.5. The molecular formula is C26H34Cl2N6O2S. The Morgan fingerprint density at radius 2 is 1.95 bits per heavy atom. The van der Waals surface area contributed by atoms with Crippen LogP contribution in [0, 0.1) is 18.8 Å². The van der Waals surface area contributed by atoms with Crippen molar-refractivity contribution in [3.63, 3.8) is 0 Å². The minimum atomic E-state index is -2.89. The number of hydrogen-bond acceptors (Lipinski definition) is 7. The molecule has 4 heterocycles. The zero-order valence-electron chi connectivity index (χ0n) is 21.6. The molecule has 0 saturated carbocycles. The van der Waals surface area contributed by atoms with Crippen LogP contribution >= 0.6 is 23.2 Å². The second-order valence-electron chi connectivity index (χ2n) is 10.6. The number of aryl methyl sites for hydroxylation is 1. The Morgan fingerprint density at radius 3 is 2.68 bits per heavy atom. The van der Waals surface area contributed by atoms with Gasteiger partial charge in [0.15, 0.2) is 5.65 Å². The molecule has 2 aliphatic rings. The number of halogens is 2. The molecule has 11 heteroatoms. The van der Waals surface area contributed by atoms with Crippen LogP contribution in [0.2, 0.25) is 10.0 Å². The number of piperidine rings is 1. The van der Waals surface area contributed by atoms with E-state index in [1.165, 1.54) is 19.1 Å². The second kappa shape index (κ2) is 10.7. The van der Waals surface area contributed by atoms with E-state index in [1.807, 2.05) is 29.9 Å². The fraction of sp³-hybridized carbons (Fsp3) is 0.577. The number of nitrogens with zero attached hydrogens (tertiary/aromatic N) is 6. The highest BCUT2D eigenvalue weighted by molar-refractivity contribution is 7.90. The Labute approximate surface area is 228 Å². The average Bonchev–Trinajstić information content (AvgIpc) is 3.13. The molecule has 1 aromatic carbocycles. The van der Waals surface area contributed by atoms with Crippen molar-refractivity contribution in [2.75, 3.05) is 49.6 Å². The third-order valence-corrected chi connectivity index (χ3v) is 9.36. The van der Waals surface area contributed by atoms with E-state index < -0.39 is 9.84 Å². The third kappa shape index (κ3) is 5.90.